The number of nitrogens with one attached hydrogen (secondary N) is 1. The van der Waals surface area contributed by atoms with Crippen molar-refractivity contribution in [2.45, 2.75) is 25.6 Å². The summed E-state index contributed by atoms with van der Waals surface area (Å²) in [4.78, 5) is 0. The monoisotopic (exact) mass is 309 g/mol. The molecule has 0 aliphatic rings. The molecule has 1 atom stereocenters. The van der Waals surface area contributed by atoms with Crippen LogP contribution in [0.25, 0.3) is 0 Å². The first-order valence-electron chi connectivity index (χ1n) is 6.59. The largest absolute Gasteiger partial charge is 0.494 e. The maximum atomic E-state index is 14.2. The molecule has 1 aromatic rings. The molecule has 0 heterocycles. The van der Waals surface area contributed by atoms with E-state index in [0.29, 0.717) is 12.1 Å². The van der Waals surface area contributed by atoms with E-state index >= 15 is 0 Å². The van der Waals surface area contributed by atoms with Crippen molar-refractivity contribution < 1.29 is 27.0 Å². The summed E-state index contributed by atoms with van der Waals surface area (Å²) in [6, 6.07) is 4.27. The highest BCUT2D eigenvalue weighted by molar-refractivity contribution is 5.33. The first-order chi connectivity index (χ1) is 9.89. The summed E-state index contributed by atoms with van der Waals surface area (Å²) in [7, 11) is 1.36. The molecule has 1 unspecified atom stereocenters. The number of benzene rings is 1. The fraction of sp³-hybridized carbons (Fsp3) is 0.571. The van der Waals surface area contributed by atoms with Crippen LogP contribution in [0.15, 0.2) is 18.2 Å². The minimum atomic E-state index is -4.35. The standard InChI is InChI=1S/C14H19F4NO2/c1-3-19-11(7-8-21-9-14(16,17)18)10-5-4-6-12(20-2)13(10)15/h4-6,11,19H,3,7-9H2,1-2H3. The zero-order chi connectivity index (χ0) is 15.9. The number of methoxy groups -OCH3 is 1. The lowest BCUT2D eigenvalue weighted by atomic mass is 10.0. The lowest BCUT2D eigenvalue weighted by Gasteiger charge is -2.20. The first kappa shape index (κ1) is 17.7. The van der Waals surface area contributed by atoms with E-state index in [1.807, 2.05) is 6.92 Å². The molecule has 0 spiro atoms. The Labute approximate surface area is 121 Å². The Bertz CT molecular complexity index is 437. The van der Waals surface area contributed by atoms with Gasteiger partial charge in [-0.3, -0.25) is 0 Å². The topological polar surface area (TPSA) is 30.5 Å². The summed E-state index contributed by atoms with van der Waals surface area (Å²) in [6.45, 7) is 0.975. The molecule has 1 N–H and O–H groups in total. The van der Waals surface area contributed by atoms with Crippen molar-refractivity contribution in [3.05, 3.63) is 29.6 Å². The third kappa shape index (κ3) is 5.89. The van der Waals surface area contributed by atoms with E-state index < -0.39 is 24.6 Å². The van der Waals surface area contributed by atoms with E-state index in [9.17, 15) is 17.6 Å². The molecule has 120 valence electrons. The molecule has 1 rings (SSSR count). The van der Waals surface area contributed by atoms with Crippen molar-refractivity contribution in [1.82, 2.24) is 5.32 Å². The third-order valence-electron chi connectivity index (χ3n) is 2.86. The van der Waals surface area contributed by atoms with Crippen LogP contribution >= 0.6 is 0 Å². The number of halogens is 4. The van der Waals surface area contributed by atoms with Gasteiger partial charge in [-0.25, -0.2) is 4.39 Å². The minimum absolute atomic E-state index is 0.103. The van der Waals surface area contributed by atoms with Crippen molar-refractivity contribution >= 4 is 0 Å². The van der Waals surface area contributed by atoms with Gasteiger partial charge in [-0.1, -0.05) is 19.1 Å². The lowest BCUT2D eigenvalue weighted by molar-refractivity contribution is -0.174. The van der Waals surface area contributed by atoms with E-state index in [1.54, 1.807) is 12.1 Å². The summed E-state index contributed by atoms with van der Waals surface area (Å²) < 4.78 is 59.6. The molecular weight excluding hydrogens is 290 g/mol. The Morgan fingerprint density at radius 1 is 1.29 bits per heavy atom. The van der Waals surface area contributed by atoms with Crippen LogP contribution in [0, 0.1) is 5.82 Å². The van der Waals surface area contributed by atoms with E-state index in [2.05, 4.69) is 10.1 Å². The summed E-state index contributed by atoms with van der Waals surface area (Å²) in [5.74, 6) is -0.409. The second-order valence-corrected chi connectivity index (χ2v) is 4.43. The van der Waals surface area contributed by atoms with Gasteiger partial charge in [-0.15, -0.1) is 0 Å². The van der Waals surface area contributed by atoms with Crippen LogP contribution in [0.1, 0.15) is 24.9 Å². The van der Waals surface area contributed by atoms with Gasteiger partial charge in [0.25, 0.3) is 0 Å². The van der Waals surface area contributed by atoms with Crippen LogP contribution in [-0.2, 0) is 4.74 Å². The molecule has 0 bridgehead atoms. The van der Waals surface area contributed by atoms with Gasteiger partial charge >= 0.3 is 6.18 Å². The highest BCUT2D eigenvalue weighted by Crippen LogP contribution is 2.27. The zero-order valence-corrected chi connectivity index (χ0v) is 12.0. The van der Waals surface area contributed by atoms with Gasteiger partial charge in [-0.2, -0.15) is 13.2 Å². The molecule has 0 radical (unpaired) electrons. The summed E-state index contributed by atoms with van der Waals surface area (Å²) >= 11 is 0. The highest BCUT2D eigenvalue weighted by Gasteiger charge is 2.27. The van der Waals surface area contributed by atoms with Gasteiger partial charge in [0.15, 0.2) is 11.6 Å². The second kappa shape index (κ2) is 8.19. The highest BCUT2D eigenvalue weighted by atomic mass is 19.4. The Balaban J connectivity index is 2.69. The van der Waals surface area contributed by atoms with Gasteiger partial charge in [-0.05, 0) is 19.0 Å². The van der Waals surface area contributed by atoms with E-state index in [1.165, 1.54) is 13.2 Å². The molecule has 0 aromatic heterocycles. The SMILES string of the molecule is CCNC(CCOCC(F)(F)F)c1cccc(OC)c1F. The number of alkyl halides is 3. The summed E-state index contributed by atoms with van der Waals surface area (Å²) in [5.41, 5.74) is 0.354. The zero-order valence-electron chi connectivity index (χ0n) is 12.0. The molecular formula is C14H19F4NO2. The van der Waals surface area contributed by atoms with Crippen LogP contribution in [0.5, 0.6) is 5.75 Å². The fourth-order valence-electron chi connectivity index (χ4n) is 1.96. The number of ether oxygens (including phenoxy) is 2. The third-order valence-corrected chi connectivity index (χ3v) is 2.86. The maximum Gasteiger partial charge on any atom is 0.411 e. The van der Waals surface area contributed by atoms with Crippen LogP contribution in [0.4, 0.5) is 17.6 Å². The quantitative estimate of drug-likeness (QED) is 0.589. The normalized spacial score (nSPS) is 13.2. The molecule has 0 saturated heterocycles. The Hall–Kier alpha value is -1.34. The van der Waals surface area contributed by atoms with Gasteiger partial charge in [0.05, 0.1) is 7.11 Å². The van der Waals surface area contributed by atoms with Crippen molar-refractivity contribution in [2.75, 3.05) is 26.9 Å². The molecule has 0 saturated carbocycles. The number of hydrogen-bond acceptors (Lipinski definition) is 3. The minimum Gasteiger partial charge on any atom is -0.494 e. The van der Waals surface area contributed by atoms with Gasteiger partial charge < -0.3 is 14.8 Å². The van der Waals surface area contributed by atoms with Crippen molar-refractivity contribution in [3.8, 4) is 5.75 Å². The van der Waals surface area contributed by atoms with Crippen molar-refractivity contribution in [3.63, 3.8) is 0 Å². The molecule has 1 aromatic carbocycles. The predicted molar refractivity (Wildman–Crippen MR) is 70.9 cm³/mol. The predicted octanol–water partition coefficient (Wildman–Crippen LogP) is 3.45. The first-order valence-corrected chi connectivity index (χ1v) is 6.59. The van der Waals surface area contributed by atoms with Crippen LogP contribution < -0.4 is 10.1 Å². The van der Waals surface area contributed by atoms with E-state index in [-0.39, 0.29) is 18.8 Å². The molecule has 0 amide bonds. The van der Waals surface area contributed by atoms with Crippen molar-refractivity contribution in [1.29, 1.82) is 0 Å². The molecule has 0 aliphatic heterocycles. The van der Waals surface area contributed by atoms with Crippen LogP contribution in [-0.4, -0.2) is 33.0 Å². The maximum absolute atomic E-state index is 14.2. The van der Waals surface area contributed by atoms with Crippen LogP contribution in [0.2, 0.25) is 0 Å². The fourth-order valence-corrected chi connectivity index (χ4v) is 1.96. The van der Waals surface area contributed by atoms with E-state index in [4.69, 9.17) is 4.74 Å². The number of rotatable bonds is 8. The van der Waals surface area contributed by atoms with Gasteiger partial charge in [0, 0.05) is 18.2 Å². The average molecular weight is 309 g/mol. The Kier molecular flexibility index (Phi) is 6.91. The van der Waals surface area contributed by atoms with Crippen LogP contribution in [0.3, 0.4) is 0 Å². The summed E-state index contributed by atoms with van der Waals surface area (Å²) in [5, 5.41) is 3.03. The lowest BCUT2D eigenvalue weighted by Crippen LogP contribution is -2.25. The van der Waals surface area contributed by atoms with E-state index in [0.717, 1.165) is 0 Å². The molecule has 0 fully saturated rings. The smallest absolute Gasteiger partial charge is 0.411 e. The Morgan fingerprint density at radius 2 is 2.00 bits per heavy atom. The average Bonchev–Trinajstić information content (AvgIpc) is 2.42. The molecule has 3 nitrogen and oxygen atoms in total. The van der Waals surface area contributed by atoms with Gasteiger partial charge in [0.2, 0.25) is 0 Å². The Morgan fingerprint density at radius 3 is 2.57 bits per heavy atom. The second-order valence-electron chi connectivity index (χ2n) is 4.43. The van der Waals surface area contributed by atoms with Gasteiger partial charge in [0.1, 0.15) is 6.61 Å². The summed E-state index contributed by atoms with van der Waals surface area (Å²) in [6.07, 6.45) is -4.12. The number of hydrogen-bond donors (Lipinski definition) is 1. The molecule has 7 heteroatoms. The van der Waals surface area contributed by atoms with Crippen molar-refractivity contribution in [2.24, 2.45) is 0 Å². The molecule has 0 aliphatic carbocycles. The molecule has 21 heavy (non-hydrogen) atoms.